The molecule has 0 saturated heterocycles. The lowest BCUT2D eigenvalue weighted by molar-refractivity contribution is -0.0181. The lowest BCUT2D eigenvalue weighted by atomic mass is 9.75. The van der Waals surface area contributed by atoms with Crippen molar-refractivity contribution in [2.75, 3.05) is 0 Å². The van der Waals surface area contributed by atoms with Gasteiger partial charge in [0.1, 0.15) is 12.2 Å². The summed E-state index contributed by atoms with van der Waals surface area (Å²) < 4.78 is 12.0. The number of ether oxygens (including phenoxy) is 2. The quantitative estimate of drug-likeness (QED) is 0.295. The minimum atomic E-state index is -0.207. The Morgan fingerprint density at radius 2 is 0.975 bits per heavy atom. The van der Waals surface area contributed by atoms with E-state index in [-0.39, 0.29) is 24.1 Å². The highest BCUT2D eigenvalue weighted by Gasteiger charge is 2.34. The van der Waals surface area contributed by atoms with Gasteiger partial charge in [-0.1, -0.05) is 78.6 Å². The van der Waals surface area contributed by atoms with Crippen LogP contribution >= 0.6 is 0 Å². The first kappa shape index (κ1) is 30.3. The topological polar surface area (TPSA) is 52.6 Å². The Morgan fingerprint density at radius 1 is 0.625 bits per heavy atom. The second-order valence-electron chi connectivity index (χ2n) is 13.4. The summed E-state index contributed by atoms with van der Waals surface area (Å²) in [7, 11) is 0. The fraction of sp³-hybridized carbons (Fsp3) is 0.611. The van der Waals surface area contributed by atoms with Crippen molar-refractivity contribution in [3.05, 3.63) is 70.8 Å². The SMILES string of the molecule is CC(C)[C@H]1CC[C@@H](C)C[C@H]1OC(=O)c1ccc(CCc2ccc(C(=O)O[C@@H]3C[C@H](C)CC[C@@H]3C(C)C)cc2)cc1. The van der Waals surface area contributed by atoms with Gasteiger partial charge in [0.2, 0.25) is 0 Å². The Hall–Kier alpha value is -2.62. The van der Waals surface area contributed by atoms with Crippen molar-refractivity contribution in [1.82, 2.24) is 0 Å². The highest BCUT2D eigenvalue weighted by molar-refractivity contribution is 5.90. The number of carbonyl (C=O) groups excluding carboxylic acids is 2. The number of benzene rings is 2. The molecule has 2 aliphatic rings. The van der Waals surface area contributed by atoms with E-state index in [0.29, 0.717) is 46.6 Å². The third kappa shape index (κ3) is 7.98. The molecule has 0 N–H and O–H groups in total. The molecule has 2 fully saturated rings. The van der Waals surface area contributed by atoms with Gasteiger partial charge in [-0.05, 0) is 109 Å². The molecule has 4 rings (SSSR count). The summed E-state index contributed by atoms with van der Waals surface area (Å²) in [6.45, 7) is 13.4. The fourth-order valence-corrected chi connectivity index (χ4v) is 6.82. The number of aryl methyl sites for hydroxylation is 2. The zero-order chi connectivity index (χ0) is 28.8. The summed E-state index contributed by atoms with van der Waals surface area (Å²) >= 11 is 0. The monoisotopic (exact) mass is 546 g/mol. The van der Waals surface area contributed by atoms with E-state index in [0.717, 1.165) is 38.5 Å². The van der Waals surface area contributed by atoms with Crippen molar-refractivity contribution in [2.24, 2.45) is 35.5 Å². The van der Waals surface area contributed by atoms with Gasteiger partial charge in [-0.15, -0.1) is 0 Å². The van der Waals surface area contributed by atoms with Gasteiger partial charge in [-0.25, -0.2) is 9.59 Å². The van der Waals surface area contributed by atoms with Crippen LogP contribution in [0.3, 0.4) is 0 Å². The molecule has 4 heteroatoms. The summed E-state index contributed by atoms with van der Waals surface area (Å²) in [5.41, 5.74) is 3.61. The van der Waals surface area contributed by atoms with Crippen molar-refractivity contribution in [2.45, 2.75) is 105 Å². The van der Waals surface area contributed by atoms with Crippen LogP contribution in [-0.2, 0) is 22.3 Å². The number of rotatable bonds is 9. The first-order chi connectivity index (χ1) is 19.1. The van der Waals surface area contributed by atoms with Crippen molar-refractivity contribution in [1.29, 1.82) is 0 Å². The van der Waals surface area contributed by atoms with Crippen LogP contribution in [0.5, 0.6) is 0 Å². The van der Waals surface area contributed by atoms with E-state index in [2.05, 4.69) is 41.5 Å². The van der Waals surface area contributed by atoms with Crippen LogP contribution in [0.1, 0.15) is 112 Å². The molecule has 0 radical (unpaired) electrons. The molecule has 0 bridgehead atoms. The minimum Gasteiger partial charge on any atom is -0.458 e. The molecule has 2 aromatic carbocycles. The van der Waals surface area contributed by atoms with E-state index in [1.165, 1.54) is 24.0 Å². The van der Waals surface area contributed by atoms with E-state index in [4.69, 9.17) is 9.47 Å². The Kier molecular flexibility index (Phi) is 10.5. The standard InChI is InChI=1S/C36H50O4/c1-23(2)31-19-7-25(5)21-33(31)39-35(37)29-15-11-27(12-16-29)9-10-28-13-17-30(18-14-28)36(38)40-34-22-26(6)8-20-32(34)24(3)4/h11-18,23-26,31-34H,7-10,19-22H2,1-6H3/t25-,26-,31-,32-,33-,34-/m1/s1. The van der Waals surface area contributed by atoms with E-state index in [1.54, 1.807) is 0 Å². The van der Waals surface area contributed by atoms with Crippen LogP contribution in [0.4, 0.5) is 0 Å². The molecule has 2 aromatic rings. The van der Waals surface area contributed by atoms with E-state index in [9.17, 15) is 9.59 Å². The Balaban J connectivity index is 1.28. The molecule has 2 aliphatic carbocycles. The Labute approximate surface area is 242 Å². The van der Waals surface area contributed by atoms with Gasteiger partial charge in [-0.2, -0.15) is 0 Å². The van der Waals surface area contributed by atoms with Crippen LogP contribution in [0, 0.1) is 35.5 Å². The molecule has 0 heterocycles. The first-order valence-corrected chi connectivity index (χ1v) is 15.7. The number of esters is 2. The average molecular weight is 547 g/mol. The third-order valence-corrected chi connectivity index (χ3v) is 9.52. The van der Waals surface area contributed by atoms with E-state index >= 15 is 0 Å². The van der Waals surface area contributed by atoms with Crippen LogP contribution in [-0.4, -0.2) is 24.1 Å². The van der Waals surface area contributed by atoms with Crippen LogP contribution in [0.2, 0.25) is 0 Å². The molecule has 4 nitrogen and oxygen atoms in total. The largest absolute Gasteiger partial charge is 0.458 e. The van der Waals surface area contributed by atoms with Gasteiger partial charge >= 0.3 is 11.9 Å². The molecule has 0 aliphatic heterocycles. The molecule has 0 spiro atoms. The molecule has 0 amide bonds. The lowest BCUT2D eigenvalue weighted by Gasteiger charge is -2.36. The maximum atomic E-state index is 12.9. The second-order valence-corrected chi connectivity index (χ2v) is 13.4. The normalized spacial score (nSPS) is 27.0. The fourth-order valence-electron chi connectivity index (χ4n) is 6.82. The first-order valence-electron chi connectivity index (χ1n) is 15.7. The maximum absolute atomic E-state index is 12.9. The van der Waals surface area contributed by atoms with E-state index in [1.807, 2.05) is 48.5 Å². The molecule has 0 unspecified atom stereocenters. The Morgan fingerprint density at radius 3 is 1.30 bits per heavy atom. The third-order valence-electron chi connectivity index (χ3n) is 9.52. The highest BCUT2D eigenvalue weighted by Crippen LogP contribution is 2.37. The number of hydrogen-bond acceptors (Lipinski definition) is 4. The lowest BCUT2D eigenvalue weighted by Crippen LogP contribution is -2.35. The molecule has 6 atom stereocenters. The average Bonchev–Trinajstić information content (AvgIpc) is 2.92. The maximum Gasteiger partial charge on any atom is 0.338 e. The van der Waals surface area contributed by atoms with Crippen molar-refractivity contribution in [3.8, 4) is 0 Å². The minimum absolute atomic E-state index is 0.0130. The van der Waals surface area contributed by atoms with Crippen molar-refractivity contribution < 1.29 is 19.1 Å². The van der Waals surface area contributed by atoms with Gasteiger partial charge in [0.05, 0.1) is 11.1 Å². The summed E-state index contributed by atoms with van der Waals surface area (Å²) in [6, 6.07) is 15.7. The number of carbonyl (C=O) groups is 2. The smallest absolute Gasteiger partial charge is 0.338 e. The van der Waals surface area contributed by atoms with Crippen molar-refractivity contribution in [3.63, 3.8) is 0 Å². The predicted molar refractivity (Wildman–Crippen MR) is 161 cm³/mol. The van der Waals surface area contributed by atoms with Gasteiger partial charge < -0.3 is 9.47 Å². The highest BCUT2D eigenvalue weighted by atomic mass is 16.5. The zero-order valence-corrected chi connectivity index (χ0v) is 25.5. The predicted octanol–water partition coefficient (Wildman–Crippen LogP) is 8.71. The van der Waals surface area contributed by atoms with Gasteiger partial charge in [0, 0.05) is 0 Å². The van der Waals surface area contributed by atoms with Gasteiger partial charge in [-0.3, -0.25) is 0 Å². The van der Waals surface area contributed by atoms with Gasteiger partial charge in [0.15, 0.2) is 0 Å². The second kappa shape index (κ2) is 13.8. The molecular formula is C36H50O4. The Bertz CT molecular complexity index is 1010. The van der Waals surface area contributed by atoms with E-state index < -0.39 is 0 Å². The summed E-state index contributed by atoms with van der Waals surface area (Å²) in [5.74, 6) is 2.72. The molecule has 40 heavy (non-hydrogen) atoms. The molecule has 0 aromatic heterocycles. The molecule has 2 saturated carbocycles. The molecule has 218 valence electrons. The van der Waals surface area contributed by atoms with Gasteiger partial charge in [0.25, 0.3) is 0 Å². The summed E-state index contributed by atoms with van der Waals surface area (Å²) in [6.07, 6.45) is 8.39. The molecular weight excluding hydrogens is 496 g/mol. The van der Waals surface area contributed by atoms with Crippen LogP contribution in [0.25, 0.3) is 0 Å². The zero-order valence-electron chi connectivity index (χ0n) is 25.5. The number of hydrogen-bond donors (Lipinski definition) is 0. The van der Waals surface area contributed by atoms with Crippen LogP contribution < -0.4 is 0 Å². The van der Waals surface area contributed by atoms with Crippen LogP contribution in [0.15, 0.2) is 48.5 Å². The summed E-state index contributed by atoms with van der Waals surface area (Å²) in [4.78, 5) is 25.8. The summed E-state index contributed by atoms with van der Waals surface area (Å²) in [5, 5.41) is 0. The van der Waals surface area contributed by atoms with Crippen molar-refractivity contribution >= 4 is 11.9 Å².